The summed E-state index contributed by atoms with van der Waals surface area (Å²) < 4.78 is 0. The first-order valence-electron chi connectivity index (χ1n) is 6.88. The maximum Gasteiger partial charge on any atom is 0.303 e. The van der Waals surface area contributed by atoms with Crippen molar-refractivity contribution in [3.63, 3.8) is 0 Å². The van der Waals surface area contributed by atoms with Gasteiger partial charge in [0.05, 0.1) is 6.04 Å². The maximum absolute atomic E-state index is 11.9. The van der Waals surface area contributed by atoms with Gasteiger partial charge in [0.2, 0.25) is 5.91 Å². The smallest absolute Gasteiger partial charge is 0.303 e. The molecule has 0 unspecified atom stereocenters. The number of carbonyl (C=O) groups excluding carboxylic acids is 1. The van der Waals surface area contributed by atoms with E-state index in [1.54, 1.807) is 0 Å². The van der Waals surface area contributed by atoms with Gasteiger partial charge in [0.25, 0.3) is 0 Å². The van der Waals surface area contributed by atoms with Crippen molar-refractivity contribution in [3.05, 3.63) is 36.0 Å². The van der Waals surface area contributed by atoms with Gasteiger partial charge < -0.3 is 21.1 Å². The lowest BCUT2D eigenvalue weighted by molar-refractivity contribution is -0.137. The lowest BCUT2D eigenvalue weighted by Gasteiger charge is -2.11. The molecule has 0 aliphatic carbocycles. The fourth-order valence-electron chi connectivity index (χ4n) is 2.21. The highest BCUT2D eigenvalue weighted by Crippen LogP contribution is 2.18. The molecule has 0 aliphatic heterocycles. The van der Waals surface area contributed by atoms with Gasteiger partial charge in [-0.1, -0.05) is 18.2 Å². The van der Waals surface area contributed by atoms with Gasteiger partial charge in [-0.25, -0.2) is 0 Å². The number of carboxylic acid groups (broad SMARTS) is 1. The molecule has 2 aromatic rings. The van der Waals surface area contributed by atoms with Crippen molar-refractivity contribution in [2.24, 2.45) is 5.73 Å². The summed E-state index contributed by atoms with van der Waals surface area (Å²) >= 11 is 0. The Morgan fingerprint density at radius 3 is 2.77 bits per heavy atom. The average molecular weight is 326 g/mol. The van der Waals surface area contributed by atoms with Gasteiger partial charge in [-0.3, -0.25) is 9.59 Å². The van der Waals surface area contributed by atoms with E-state index in [1.807, 2.05) is 30.5 Å². The summed E-state index contributed by atoms with van der Waals surface area (Å²) in [4.78, 5) is 25.4. The number of rotatable bonds is 7. The number of hydrogen-bond donors (Lipinski definition) is 4. The van der Waals surface area contributed by atoms with Crippen molar-refractivity contribution in [2.75, 3.05) is 6.54 Å². The average Bonchev–Trinajstić information content (AvgIpc) is 2.86. The number of H-pyrrole nitrogens is 1. The summed E-state index contributed by atoms with van der Waals surface area (Å²) in [7, 11) is 0. The van der Waals surface area contributed by atoms with Crippen LogP contribution in [0.15, 0.2) is 30.5 Å². The summed E-state index contributed by atoms with van der Waals surface area (Å²) in [5.41, 5.74) is 7.91. The molecule has 6 nitrogen and oxygen atoms in total. The van der Waals surface area contributed by atoms with Crippen LogP contribution in [0, 0.1) is 0 Å². The normalized spacial score (nSPS) is 11.7. The number of aromatic amines is 1. The third kappa shape index (κ3) is 4.75. The molecule has 22 heavy (non-hydrogen) atoms. The summed E-state index contributed by atoms with van der Waals surface area (Å²) in [5.74, 6) is -1.13. The molecule has 7 heteroatoms. The number of carboxylic acids is 1. The number of carbonyl (C=O) groups is 2. The number of para-hydroxylation sites is 1. The molecule has 5 N–H and O–H groups in total. The van der Waals surface area contributed by atoms with E-state index in [1.165, 1.54) is 0 Å². The third-order valence-electron chi connectivity index (χ3n) is 3.32. The van der Waals surface area contributed by atoms with E-state index in [0.29, 0.717) is 19.4 Å². The van der Waals surface area contributed by atoms with Crippen LogP contribution < -0.4 is 11.1 Å². The van der Waals surface area contributed by atoms with Crippen molar-refractivity contribution >= 4 is 35.2 Å². The Morgan fingerprint density at radius 1 is 1.32 bits per heavy atom. The fraction of sp³-hybridized carbons (Fsp3) is 0.333. The second kappa shape index (κ2) is 8.41. The Bertz CT molecular complexity index is 642. The first-order chi connectivity index (χ1) is 10.1. The summed E-state index contributed by atoms with van der Waals surface area (Å²) in [5, 5.41) is 12.2. The first kappa shape index (κ1) is 18.0. The van der Waals surface area contributed by atoms with E-state index >= 15 is 0 Å². The van der Waals surface area contributed by atoms with Gasteiger partial charge in [-0.05, 0) is 24.5 Å². The van der Waals surface area contributed by atoms with Gasteiger partial charge in [-0.15, -0.1) is 12.4 Å². The van der Waals surface area contributed by atoms with E-state index in [4.69, 9.17) is 10.8 Å². The Kier molecular flexibility index (Phi) is 6.88. The standard InChI is InChI=1S/C15H19N3O3.ClH/c16-12(15(21)17-7-3-6-14(19)20)8-10-9-18-13-5-2-1-4-11(10)13;/h1-2,4-5,9,12,18H,3,6-8,16H2,(H,17,21)(H,19,20);1H/t12-;/m1./s1. The number of halogens is 1. The third-order valence-corrected chi connectivity index (χ3v) is 3.32. The van der Waals surface area contributed by atoms with E-state index in [0.717, 1.165) is 16.5 Å². The van der Waals surface area contributed by atoms with Crippen molar-refractivity contribution < 1.29 is 14.7 Å². The molecule has 0 fully saturated rings. The van der Waals surface area contributed by atoms with E-state index in [-0.39, 0.29) is 24.7 Å². The lowest BCUT2D eigenvalue weighted by Crippen LogP contribution is -2.42. The Labute approximate surface area is 134 Å². The van der Waals surface area contributed by atoms with E-state index in [9.17, 15) is 9.59 Å². The van der Waals surface area contributed by atoms with Crippen LogP contribution in [0.25, 0.3) is 10.9 Å². The molecule has 0 spiro atoms. The second-order valence-electron chi connectivity index (χ2n) is 4.96. The summed E-state index contributed by atoms with van der Waals surface area (Å²) in [6, 6.07) is 7.19. The number of aromatic nitrogens is 1. The van der Waals surface area contributed by atoms with Crippen LogP contribution in [0.1, 0.15) is 18.4 Å². The summed E-state index contributed by atoms with van der Waals surface area (Å²) in [6.45, 7) is 0.326. The predicted molar refractivity (Wildman–Crippen MR) is 87.1 cm³/mol. The van der Waals surface area contributed by atoms with Crippen molar-refractivity contribution in [3.8, 4) is 0 Å². The zero-order chi connectivity index (χ0) is 15.2. The lowest BCUT2D eigenvalue weighted by atomic mass is 10.1. The van der Waals surface area contributed by atoms with Gasteiger partial charge in [-0.2, -0.15) is 0 Å². The molecule has 1 aromatic heterocycles. The van der Waals surface area contributed by atoms with Crippen molar-refractivity contribution in [1.82, 2.24) is 10.3 Å². The highest BCUT2D eigenvalue weighted by Gasteiger charge is 2.15. The first-order valence-corrected chi connectivity index (χ1v) is 6.88. The number of hydrogen-bond acceptors (Lipinski definition) is 3. The minimum Gasteiger partial charge on any atom is -0.481 e. The molecule has 120 valence electrons. The highest BCUT2D eigenvalue weighted by atomic mass is 35.5. The van der Waals surface area contributed by atoms with E-state index < -0.39 is 12.0 Å². The molecule has 1 amide bonds. The molecule has 2 rings (SSSR count). The zero-order valence-electron chi connectivity index (χ0n) is 12.0. The quantitative estimate of drug-likeness (QED) is 0.577. The molecule has 0 bridgehead atoms. The number of fused-ring (bicyclic) bond motifs is 1. The molecule has 0 saturated carbocycles. The topological polar surface area (TPSA) is 108 Å². The Hall–Kier alpha value is -2.05. The molecule has 0 saturated heterocycles. The second-order valence-corrected chi connectivity index (χ2v) is 4.96. The highest BCUT2D eigenvalue weighted by molar-refractivity contribution is 5.86. The van der Waals surface area contributed by atoms with Gasteiger partial charge in [0.1, 0.15) is 0 Å². The minimum absolute atomic E-state index is 0. The van der Waals surface area contributed by atoms with Crippen LogP contribution in [0.5, 0.6) is 0 Å². The Morgan fingerprint density at radius 2 is 2.05 bits per heavy atom. The SMILES string of the molecule is Cl.N[C@H](Cc1c[nH]c2ccccc12)C(=O)NCCCC(=O)O. The molecule has 0 radical (unpaired) electrons. The van der Waals surface area contributed by atoms with Crippen LogP contribution in [0.2, 0.25) is 0 Å². The number of aliphatic carboxylic acids is 1. The zero-order valence-corrected chi connectivity index (χ0v) is 12.9. The molecule has 1 atom stereocenters. The number of nitrogens with one attached hydrogen (secondary N) is 2. The molecule has 0 aliphatic rings. The Balaban J connectivity index is 0.00000242. The monoisotopic (exact) mass is 325 g/mol. The van der Waals surface area contributed by atoms with Crippen LogP contribution in [0.4, 0.5) is 0 Å². The van der Waals surface area contributed by atoms with Gasteiger partial charge >= 0.3 is 5.97 Å². The van der Waals surface area contributed by atoms with Crippen molar-refractivity contribution in [1.29, 1.82) is 0 Å². The molecule has 1 aromatic carbocycles. The minimum atomic E-state index is -0.868. The fourth-order valence-corrected chi connectivity index (χ4v) is 2.21. The van der Waals surface area contributed by atoms with Gasteiger partial charge in [0.15, 0.2) is 0 Å². The number of nitrogens with two attached hydrogens (primary N) is 1. The van der Waals surface area contributed by atoms with Crippen LogP contribution in [0.3, 0.4) is 0 Å². The van der Waals surface area contributed by atoms with Crippen molar-refractivity contribution in [2.45, 2.75) is 25.3 Å². The number of amides is 1. The van der Waals surface area contributed by atoms with Gasteiger partial charge in [0, 0.05) is 30.1 Å². The predicted octanol–water partition coefficient (Wildman–Crippen LogP) is 1.44. The summed E-state index contributed by atoms with van der Waals surface area (Å²) in [6.07, 6.45) is 2.75. The molecular weight excluding hydrogens is 306 g/mol. The van der Waals surface area contributed by atoms with Crippen LogP contribution in [-0.4, -0.2) is 34.6 Å². The largest absolute Gasteiger partial charge is 0.481 e. The van der Waals surface area contributed by atoms with Crippen LogP contribution >= 0.6 is 12.4 Å². The number of benzene rings is 1. The van der Waals surface area contributed by atoms with Crippen LogP contribution in [-0.2, 0) is 16.0 Å². The maximum atomic E-state index is 11.9. The van der Waals surface area contributed by atoms with E-state index in [2.05, 4.69) is 10.3 Å². The molecular formula is C15H20ClN3O3. The molecule has 1 heterocycles.